The summed E-state index contributed by atoms with van der Waals surface area (Å²) >= 11 is 0. The average molecular weight is 294 g/mol. The van der Waals surface area contributed by atoms with Crippen LogP contribution in [0, 0.1) is 0 Å². The van der Waals surface area contributed by atoms with Crippen molar-refractivity contribution in [1.29, 1.82) is 0 Å². The molecule has 0 amide bonds. The van der Waals surface area contributed by atoms with E-state index in [1.807, 2.05) is 25.1 Å². The lowest BCUT2D eigenvalue weighted by Gasteiger charge is -2.14. The van der Waals surface area contributed by atoms with Crippen molar-refractivity contribution >= 4 is 0 Å². The number of benzene rings is 2. The van der Waals surface area contributed by atoms with E-state index in [1.165, 1.54) is 6.07 Å². The molecule has 0 aliphatic heterocycles. The summed E-state index contributed by atoms with van der Waals surface area (Å²) in [7, 11) is 0. The van der Waals surface area contributed by atoms with E-state index in [9.17, 15) is 18.3 Å². The molecule has 1 atom stereocenters. The molecule has 0 bridgehead atoms. The smallest absolute Gasteiger partial charge is 0.388 e. The summed E-state index contributed by atoms with van der Waals surface area (Å²) in [5.74, 6) is 0. The minimum Gasteiger partial charge on any atom is -0.388 e. The first kappa shape index (κ1) is 15.6. The zero-order valence-corrected chi connectivity index (χ0v) is 11.7. The van der Waals surface area contributed by atoms with Crippen molar-refractivity contribution in [2.24, 2.45) is 0 Å². The third kappa shape index (κ3) is 4.08. The molecule has 1 nitrogen and oxygen atoms in total. The van der Waals surface area contributed by atoms with Crippen LogP contribution < -0.4 is 0 Å². The Labute approximate surface area is 122 Å². The Bertz CT molecular complexity index is 605. The predicted octanol–water partition coefficient (Wildman–Crippen LogP) is 4.54. The van der Waals surface area contributed by atoms with Crippen LogP contribution in [0.25, 0.3) is 0 Å². The van der Waals surface area contributed by atoms with Crippen LogP contribution in [-0.2, 0) is 19.0 Å². The van der Waals surface area contributed by atoms with Gasteiger partial charge >= 0.3 is 6.18 Å². The van der Waals surface area contributed by atoms with Crippen LogP contribution in [0.2, 0.25) is 0 Å². The van der Waals surface area contributed by atoms with Crippen LogP contribution in [0.5, 0.6) is 0 Å². The van der Waals surface area contributed by atoms with Crippen LogP contribution in [0.1, 0.15) is 35.3 Å². The molecule has 0 aliphatic rings. The Hall–Kier alpha value is -1.81. The summed E-state index contributed by atoms with van der Waals surface area (Å²) in [6.45, 7) is 2.01. The molecule has 112 valence electrons. The summed E-state index contributed by atoms with van der Waals surface area (Å²) < 4.78 is 38.0. The number of rotatable bonds is 4. The Morgan fingerprint density at radius 3 is 2.33 bits per heavy atom. The maximum Gasteiger partial charge on any atom is 0.416 e. The SMILES string of the molecule is CCc1cccc(C(O)Cc2cccc(C(F)(F)F)c2)c1. The van der Waals surface area contributed by atoms with Crippen molar-refractivity contribution in [2.45, 2.75) is 32.0 Å². The van der Waals surface area contributed by atoms with E-state index in [1.54, 1.807) is 12.1 Å². The molecule has 0 heterocycles. The molecule has 0 aromatic heterocycles. The van der Waals surface area contributed by atoms with Crippen LogP contribution in [0.15, 0.2) is 48.5 Å². The Balaban J connectivity index is 2.17. The first-order valence-electron chi connectivity index (χ1n) is 6.83. The molecule has 2 rings (SSSR count). The van der Waals surface area contributed by atoms with E-state index < -0.39 is 17.8 Å². The summed E-state index contributed by atoms with van der Waals surface area (Å²) in [6.07, 6.45) is -4.15. The van der Waals surface area contributed by atoms with E-state index in [2.05, 4.69) is 0 Å². The molecule has 4 heteroatoms. The minimum absolute atomic E-state index is 0.164. The lowest BCUT2D eigenvalue weighted by molar-refractivity contribution is -0.137. The van der Waals surface area contributed by atoms with Crippen molar-refractivity contribution in [3.63, 3.8) is 0 Å². The lowest BCUT2D eigenvalue weighted by atomic mass is 9.98. The fraction of sp³-hybridized carbons (Fsp3) is 0.294. The van der Waals surface area contributed by atoms with Gasteiger partial charge in [0.2, 0.25) is 0 Å². The molecular weight excluding hydrogens is 277 g/mol. The Morgan fingerprint density at radius 1 is 1.00 bits per heavy atom. The van der Waals surface area contributed by atoms with E-state index >= 15 is 0 Å². The van der Waals surface area contributed by atoms with Crippen molar-refractivity contribution in [3.05, 3.63) is 70.8 Å². The Morgan fingerprint density at radius 2 is 1.67 bits per heavy atom. The van der Waals surface area contributed by atoms with Gasteiger partial charge in [-0.2, -0.15) is 13.2 Å². The highest BCUT2D eigenvalue weighted by Gasteiger charge is 2.30. The van der Waals surface area contributed by atoms with Gasteiger partial charge in [-0.25, -0.2) is 0 Å². The van der Waals surface area contributed by atoms with E-state index in [0.717, 1.165) is 29.7 Å². The number of halogens is 3. The fourth-order valence-corrected chi connectivity index (χ4v) is 2.24. The van der Waals surface area contributed by atoms with Crippen LogP contribution in [0.3, 0.4) is 0 Å². The van der Waals surface area contributed by atoms with Gasteiger partial charge in [0.05, 0.1) is 11.7 Å². The van der Waals surface area contributed by atoms with Crippen LogP contribution in [0.4, 0.5) is 13.2 Å². The first-order chi connectivity index (χ1) is 9.90. The summed E-state index contributed by atoms with van der Waals surface area (Å²) in [4.78, 5) is 0. The highest BCUT2D eigenvalue weighted by atomic mass is 19.4. The van der Waals surface area contributed by atoms with Gasteiger partial charge in [0.15, 0.2) is 0 Å². The van der Waals surface area contributed by atoms with Crippen molar-refractivity contribution in [1.82, 2.24) is 0 Å². The standard InChI is InChI=1S/C17H17F3O/c1-2-12-5-3-7-14(9-12)16(21)11-13-6-4-8-15(10-13)17(18,19)20/h3-10,16,21H,2,11H2,1H3. The van der Waals surface area contributed by atoms with Gasteiger partial charge in [-0.15, -0.1) is 0 Å². The van der Waals surface area contributed by atoms with Gasteiger partial charge in [-0.3, -0.25) is 0 Å². The number of aliphatic hydroxyl groups excluding tert-OH is 1. The second kappa shape index (κ2) is 6.31. The molecule has 1 N–H and O–H groups in total. The number of hydrogen-bond donors (Lipinski definition) is 1. The molecule has 0 fully saturated rings. The monoisotopic (exact) mass is 294 g/mol. The van der Waals surface area contributed by atoms with Crippen molar-refractivity contribution in [2.75, 3.05) is 0 Å². The van der Waals surface area contributed by atoms with Gasteiger partial charge in [0.25, 0.3) is 0 Å². The Kier molecular flexibility index (Phi) is 4.68. The molecule has 1 unspecified atom stereocenters. The second-order valence-electron chi connectivity index (χ2n) is 5.02. The van der Waals surface area contributed by atoms with Gasteiger partial charge < -0.3 is 5.11 Å². The fourth-order valence-electron chi connectivity index (χ4n) is 2.24. The third-order valence-electron chi connectivity index (χ3n) is 3.43. The number of aliphatic hydroxyl groups is 1. The molecule has 0 aliphatic carbocycles. The molecule has 2 aromatic carbocycles. The molecule has 21 heavy (non-hydrogen) atoms. The zero-order valence-electron chi connectivity index (χ0n) is 11.7. The molecule has 0 spiro atoms. The maximum atomic E-state index is 12.7. The first-order valence-corrected chi connectivity index (χ1v) is 6.83. The van der Waals surface area contributed by atoms with Gasteiger partial charge in [-0.05, 0) is 29.2 Å². The highest BCUT2D eigenvalue weighted by Crippen LogP contribution is 2.30. The molecule has 0 saturated heterocycles. The molecule has 2 aromatic rings. The second-order valence-corrected chi connectivity index (χ2v) is 5.02. The van der Waals surface area contributed by atoms with Crippen molar-refractivity contribution in [3.8, 4) is 0 Å². The predicted molar refractivity (Wildman–Crippen MR) is 75.9 cm³/mol. The normalized spacial score (nSPS) is 13.2. The van der Waals surface area contributed by atoms with Gasteiger partial charge in [-0.1, -0.05) is 49.4 Å². The van der Waals surface area contributed by atoms with E-state index in [4.69, 9.17) is 0 Å². The van der Waals surface area contributed by atoms with E-state index in [-0.39, 0.29) is 6.42 Å². The molecule has 0 radical (unpaired) electrons. The lowest BCUT2D eigenvalue weighted by Crippen LogP contribution is -2.07. The van der Waals surface area contributed by atoms with Gasteiger partial charge in [0.1, 0.15) is 0 Å². The zero-order chi connectivity index (χ0) is 15.5. The maximum absolute atomic E-state index is 12.7. The van der Waals surface area contributed by atoms with E-state index in [0.29, 0.717) is 5.56 Å². The quantitative estimate of drug-likeness (QED) is 0.877. The van der Waals surface area contributed by atoms with Crippen LogP contribution >= 0.6 is 0 Å². The topological polar surface area (TPSA) is 20.2 Å². The van der Waals surface area contributed by atoms with Crippen molar-refractivity contribution < 1.29 is 18.3 Å². The largest absolute Gasteiger partial charge is 0.416 e. The molecular formula is C17H17F3O. The number of hydrogen-bond acceptors (Lipinski definition) is 1. The third-order valence-corrected chi connectivity index (χ3v) is 3.43. The summed E-state index contributed by atoms with van der Waals surface area (Å²) in [5.41, 5.74) is 1.61. The number of alkyl halides is 3. The summed E-state index contributed by atoms with van der Waals surface area (Å²) in [6, 6.07) is 12.6. The van der Waals surface area contributed by atoms with Gasteiger partial charge in [0, 0.05) is 6.42 Å². The minimum atomic E-state index is -4.36. The summed E-state index contributed by atoms with van der Waals surface area (Å²) in [5, 5.41) is 10.2. The molecule has 0 saturated carbocycles. The number of aryl methyl sites for hydroxylation is 1. The average Bonchev–Trinajstić information content (AvgIpc) is 2.46. The van der Waals surface area contributed by atoms with Crippen LogP contribution in [-0.4, -0.2) is 5.11 Å². The highest BCUT2D eigenvalue weighted by molar-refractivity contribution is 5.29.